The van der Waals surface area contributed by atoms with Gasteiger partial charge < -0.3 is 10.3 Å². The van der Waals surface area contributed by atoms with E-state index in [2.05, 4.69) is 60.5 Å². The van der Waals surface area contributed by atoms with E-state index in [4.69, 9.17) is 10.1 Å². The molecule has 2 aromatic carbocycles. The van der Waals surface area contributed by atoms with Crippen molar-refractivity contribution in [2.75, 3.05) is 0 Å². The lowest BCUT2D eigenvalue weighted by Crippen LogP contribution is -1.99. The molecule has 0 aliphatic carbocycles. The van der Waals surface area contributed by atoms with Gasteiger partial charge in [0.15, 0.2) is 5.82 Å². The first-order valence-electron chi connectivity index (χ1n) is 8.93. The van der Waals surface area contributed by atoms with E-state index in [0.717, 1.165) is 52.5 Å². The molecule has 3 heterocycles. The summed E-state index contributed by atoms with van der Waals surface area (Å²) in [6.07, 6.45) is 0. The SMILES string of the molecule is Cc1ccc(-c2nn(C)c(-c3nc4cc5c(cc4[nH]3)CNC5)c2C)cc1. The summed E-state index contributed by atoms with van der Waals surface area (Å²) in [5.41, 5.74) is 10.4. The Morgan fingerprint density at radius 2 is 1.73 bits per heavy atom. The van der Waals surface area contributed by atoms with E-state index in [-0.39, 0.29) is 0 Å². The first kappa shape index (κ1) is 15.3. The summed E-state index contributed by atoms with van der Waals surface area (Å²) in [5, 5.41) is 8.15. The highest BCUT2D eigenvalue weighted by Gasteiger charge is 2.19. The van der Waals surface area contributed by atoms with Gasteiger partial charge in [-0.25, -0.2) is 4.98 Å². The second kappa shape index (κ2) is 5.54. The monoisotopic (exact) mass is 343 g/mol. The predicted molar refractivity (Wildman–Crippen MR) is 104 cm³/mol. The molecule has 0 spiro atoms. The summed E-state index contributed by atoms with van der Waals surface area (Å²) in [7, 11) is 1.98. The quantitative estimate of drug-likeness (QED) is 0.581. The zero-order valence-corrected chi connectivity index (χ0v) is 15.2. The van der Waals surface area contributed by atoms with E-state index in [9.17, 15) is 0 Å². The molecule has 0 saturated heterocycles. The molecule has 26 heavy (non-hydrogen) atoms. The van der Waals surface area contributed by atoms with Crippen LogP contribution in [-0.2, 0) is 20.1 Å². The van der Waals surface area contributed by atoms with Crippen LogP contribution in [-0.4, -0.2) is 19.7 Å². The highest BCUT2D eigenvalue weighted by atomic mass is 15.3. The summed E-state index contributed by atoms with van der Waals surface area (Å²) >= 11 is 0. The molecule has 4 aromatic rings. The van der Waals surface area contributed by atoms with E-state index in [1.54, 1.807) is 0 Å². The predicted octanol–water partition coefficient (Wildman–Crippen LogP) is 3.85. The van der Waals surface area contributed by atoms with Crippen molar-refractivity contribution in [3.63, 3.8) is 0 Å². The van der Waals surface area contributed by atoms with Crippen molar-refractivity contribution in [3.8, 4) is 22.8 Å². The zero-order chi connectivity index (χ0) is 17.8. The molecule has 0 radical (unpaired) electrons. The van der Waals surface area contributed by atoms with Crippen molar-refractivity contribution in [2.24, 2.45) is 7.05 Å². The highest BCUT2D eigenvalue weighted by molar-refractivity contribution is 5.82. The van der Waals surface area contributed by atoms with Crippen LogP contribution in [0.3, 0.4) is 0 Å². The molecule has 0 atom stereocenters. The van der Waals surface area contributed by atoms with E-state index in [1.807, 2.05) is 11.7 Å². The van der Waals surface area contributed by atoms with Crippen molar-refractivity contribution < 1.29 is 0 Å². The third kappa shape index (κ3) is 2.28. The summed E-state index contributed by atoms with van der Waals surface area (Å²) < 4.78 is 1.93. The number of H-pyrrole nitrogens is 1. The van der Waals surface area contributed by atoms with Gasteiger partial charge >= 0.3 is 0 Å². The van der Waals surface area contributed by atoms with Crippen LogP contribution in [0, 0.1) is 13.8 Å². The second-order valence-corrected chi connectivity index (χ2v) is 7.14. The van der Waals surface area contributed by atoms with Gasteiger partial charge in [-0.1, -0.05) is 29.8 Å². The number of hydrogen-bond donors (Lipinski definition) is 2. The Balaban J connectivity index is 1.64. The number of hydrogen-bond acceptors (Lipinski definition) is 3. The number of aryl methyl sites for hydroxylation is 2. The smallest absolute Gasteiger partial charge is 0.157 e. The molecule has 5 nitrogen and oxygen atoms in total. The maximum Gasteiger partial charge on any atom is 0.157 e. The van der Waals surface area contributed by atoms with Crippen LogP contribution in [0.15, 0.2) is 36.4 Å². The summed E-state index contributed by atoms with van der Waals surface area (Å²) in [6.45, 7) is 6.08. The Hall–Kier alpha value is -2.92. The van der Waals surface area contributed by atoms with Gasteiger partial charge in [0.1, 0.15) is 5.69 Å². The van der Waals surface area contributed by atoms with Crippen molar-refractivity contribution in [1.29, 1.82) is 0 Å². The van der Waals surface area contributed by atoms with Gasteiger partial charge in [0, 0.05) is 31.3 Å². The standard InChI is InChI=1S/C21H21N5/c1-12-4-6-14(7-5-12)19-13(2)20(26(3)25-19)21-23-17-8-15-10-22-11-16(15)9-18(17)24-21/h4-9,22H,10-11H2,1-3H3,(H,23,24). The lowest BCUT2D eigenvalue weighted by atomic mass is 10.1. The Morgan fingerprint density at radius 1 is 1.00 bits per heavy atom. The average Bonchev–Trinajstić information content (AvgIpc) is 3.30. The van der Waals surface area contributed by atoms with Crippen molar-refractivity contribution in [2.45, 2.75) is 26.9 Å². The number of imidazole rings is 1. The fourth-order valence-electron chi connectivity index (χ4n) is 3.86. The van der Waals surface area contributed by atoms with Crippen LogP contribution < -0.4 is 5.32 Å². The molecule has 5 heteroatoms. The molecule has 1 aliphatic heterocycles. The first-order valence-corrected chi connectivity index (χ1v) is 8.93. The zero-order valence-electron chi connectivity index (χ0n) is 15.2. The summed E-state index contributed by atoms with van der Waals surface area (Å²) in [6, 6.07) is 12.9. The second-order valence-electron chi connectivity index (χ2n) is 7.14. The Bertz CT molecular complexity index is 1090. The fourth-order valence-corrected chi connectivity index (χ4v) is 3.86. The normalized spacial score (nSPS) is 13.5. The van der Waals surface area contributed by atoms with E-state index >= 15 is 0 Å². The van der Waals surface area contributed by atoms with Crippen molar-refractivity contribution in [1.82, 2.24) is 25.1 Å². The Morgan fingerprint density at radius 3 is 2.50 bits per heavy atom. The number of benzene rings is 2. The minimum atomic E-state index is 0.877. The molecular formula is C21H21N5. The molecule has 2 aromatic heterocycles. The minimum Gasteiger partial charge on any atom is -0.337 e. The average molecular weight is 343 g/mol. The molecule has 0 amide bonds. The number of fused-ring (bicyclic) bond motifs is 2. The van der Waals surface area contributed by atoms with Gasteiger partial charge in [0.25, 0.3) is 0 Å². The highest BCUT2D eigenvalue weighted by Crippen LogP contribution is 2.32. The van der Waals surface area contributed by atoms with Crippen LogP contribution in [0.25, 0.3) is 33.8 Å². The molecule has 0 fully saturated rings. The van der Waals surface area contributed by atoms with Gasteiger partial charge in [-0.05, 0) is 37.1 Å². The molecular weight excluding hydrogens is 322 g/mol. The number of rotatable bonds is 2. The lowest BCUT2D eigenvalue weighted by Gasteiger charge is -2.00. The van der Waals surface area contributed by atoms with Gasteiger partial charge in [-0.3, -0.25) is 4.68 Å². The van der Waals surface area contributed by atoms with E-state index in [1.165, 1.54) is 16.7 Å². The van der Waals surface area contributed by atoms with Crippen LogP contribution in [0.2, 0.25) is 0 Å². The first-order chi connectivity index (χ1) is 12.6. The van der Waals surface area contributed by atoms with Crippen LogP contribution in [0.4, 0.5) is 0 Å². The largest absolute Gasteiger partial charge is 0.337 e. The topological polar surface area (TPSA) is 58.5 Å². The van der Waals surface area contributed by atoms with Crippen LogP contribution in [0.5, 0.6) is 0 Å². The number of nitrogens with one attached hydrogen (secondary N) is 2. The number of aromatic amines is 1. The molecule has 0 bridgehead atoms. The number of nitrogens with zero attached hydrogens (tertiary/aromatic N) is 3. The third-order valence-electron chi connectivity index (χ3n) is 5.27. The Kier molecular flexibility index (Phi) is 3.27. The van der Waals surface area contributed by atoms with E-state index < -0.39 is 0 Å². The van der Waals surface area contributed by atoms with Crippen LogP contribution >= 0.6 is 0 Å². The van der Waals surface area contributed by atoms with Gasteiger partial charge in [0.05, 0.1) is 16.7 Å². The maximum absolute atomic E-state index is 4.86. The molecule has 5 rings (SSSR count). The molecule has 0 unspecified atom stereocenters. The number of aromatic nitrogens is 4. The molecule has 1 aliphatic rings. The van der Waals surface area contributed by atoms with Gasteiger partial charge in [0.2, 0.25) is 0 Å². The molecule has 0 saturated carbocycles. The third-order valence-corrected chi connectivity index (χ3v) is 5.27. The minimum absolute atomic E-state index is 0.877. The van der Waals surface area contributed by atoms with Crippen molar-refractivity contribution in [3.05, 3.63) is 58.7 Å². The Labute approximate surface area is 152 Å². The summed E-state index contributed by atoms with van der Waals surface area (Å²) in [4.78, 5) is 8.36. The fraction of sp³-hybridized carbons (Fsp3) is 0.238. The van der Waals surface area contributed by atoms with Crippen LogP contribution in [0.1, 0.15) is 22.3 Å². The lowest BCUT2D eigenvalue weighted by molar-refractivity contribution is 0.765. The van der Waals surface area contributed by atoms with Crippen molar-refractivity contribution >= 4 is 11.0 Å². The molecule has 2 N–H and O–H groups in total. The summed E-state index contributed by atoms with van der Waals surface area (Å²) in [5.74, 6) is 0.877. The van der Waals surface area contributed by atoms with Gasteiger partial charge in [-0.2, -0.15) is 5.10 Å². The van der Waals surface area contributed by atoms with E-state index in [0.29, 0.717) is 0 Å². The molecule has 130 valence electrons. The van der Waals surface area contributed by atoms with Gasteiger partial charge in [-0.15, -0.1) is 0 Å². The maximum atomic E-state index is 4.86.